The standard InChI is InChI=1S/C23H26N4O3S2/c1-3-17-13-18-20(32-17)26-23(27(21(18)29)12-11-15-7-5-4-6-8-15)31-14(2)19(28)25-22(30)24-16-9-10-16/h4-8,13-14,16H,3,9-12H2,1-2H3,(H2,24,25,28,30). The second kappa shape index (κ2) is 9.87. The van der Waals surface area contributed by atoms with Gasteiger partial charge in [0.25, 0.3) is 5.56 Å². The third kappa shape index (κ3) is 5.39. The number of carbonyl (C=O) groups excluding carboxylic acids is 2. The van der Waals surface area contributed by atoms with Crippen molar-refractivity contribution in [3.63, 3.8) is 0 Å². The van der Waals surface area contributed by atoms with Gasteiger partial charge in [-0.05, 0) is 44.2 Å². The molecule has 2 aromatic heterocycles. The molecule has 1 aliphatic rings. The number of thioether (sulfide) groups is 1. The van der Waals surface area contributed by atoms with Crippen LogP contribution in [0.2, 0.25) is 0 Å². The normalized spacial score (nSPS) is 14.3. The lowest BCUT2D eigenvalue weighted by Gasteiger charge is -2.15. The number of nitrogens with zero attached hydrogens (tertiary/aromatic N) is 2. The van der Waals surface area contributed by atoms with Crippen LogP contribution >= 0.6 is 23.1 Å². The molecule has 1 aliphatic carbocycles. The first kappa shape index (κ1) is 22.5. The van der Waals surface area contributed by atoms with E-state index < -0.39 is 17.2 Å². The zero-order chi connectivity index (χ0) is 22.7. The lowest BCUT2D eigenvalue weighted by Crippen LogP contribution is -2.43. The maximum atomic E-state index is 13.3. The number of hydrogen-bond acceptors (Lipinski definition) is 6. The molecule has 9 heteroatoms. The second-order valence-electron chi connectivity index (χ2n) is 7.87. The summed E-state index contributed by atoms with van der Waals surface area (Å²) < 4.78 is 1.65. The summed E-state index contributed by atoms with van der Waals surface area (Å²) in [4.78, 5) is 44.3. The highest BCUT2D eigenvalue weighted by Crippen LogP contribution is 2.27. The minimum Gasteiger partial charge on any atom is -0.335 e. The highest BCUT2D eigenvalue weighted by Gasteiger charge is 2.26. The van der Waals surface area contributed by atoms with Gasteiger partial charge in [-0.15, -0.1) is 11.3 Å². The third-order valence-electron chi connectivity index (χ3n) is 5.28. The van der Waals surface area contributed by atoms with Gasteiger partial charge in [0.1, 0.15) is 4.83 Å². The Morgan fingerprint density at radius 3 is 2.72 bits per heavy atom. The molecule has 1 saturated carbocycles. The zero-order valence-electron chi connectivity index (χ0n) is 18.1. The molecule has 4 rings (SSSR count). The molecule has 7 nitrogen and oxygen atoms in total. The van der Waals surface area contributed by atoms with Crippen molar-refractivity contribution in [2.24, 2.45) is 0 Å². The minimum absolute atomic E-state index is 0.0940. The summed E-state index contributed by atoms with van der Waals surface area (Å²) in [6, 6.07) is 11.6. The van der Waals surface area contributed by atoms with Gasteiger partial charge in [0, 0.05) is 17.5 Å². The predicted molar refractivity (Wildman–Crippen MR) is 128 cm³/mol. The van der Waals surface area contributed by atoms with Gasteiger partial charge >= 0.3 is 6.03 Å². The van der Waals surface area contributed by atoms with Crippen LogP contribution in [0.15, 0.2) is 46.3 Å². The van der Waals surface area contributed by atoms with Crippen LogP contribution in [-0.2, 0) is 24.2 Å². The van der Waals surface area contributed by atoms with E-state index >= 15 is 0 Å². The van der Waals surface area contributed by atoms with Crippen molar-refractivity contribution in [2.45, 2.75) is 62.5 Å². The number of benzene rings is 1. The Bertz CT molecular complexity index is 1190. The Balaban J connectivity index is 1.58. The van der Waals surface area contributed by atoms with Crippen molar-refractivity contribution in [3.05, 3.63) is 57.2 Å². The first-order valence-electron chi connectivity index (χ1n) is 10.8. The summed E-state index contributed by atoms with van der Waals surface area (Å²) in [5.74, 6) is -0.405. The summed E-state index contributed by atoms with van der Waals surface area (Å²) >= 11 is 2.71. The fourth-order valence-electron chi connectivity index (χ4n) is 3.27. The van der Waals surface area contributed by atoms with Gasteiger partial charge in [0.2, 0.25) is 5.91 Å². The number of carbonyl (C=O) groups is 2. The number of thiophene rings is 1. The smallest absolute Gasteiger partial charge is 0.321 e. The molecule has 0 aliphatic heterocycles. The third-order valence-corrected chi connectivity index (χ3v) is 7.55. The molecular weight excluding hydrogens is 444 g/mol. The molecule has 1 aromatic carbocycles. The van der Waals surface area contributed by atoms with Gasteiger partial charge in [-0.1, -0.05) is 49.0 Å². The number of imide groups is 1. The minimum atomic E-state index is -0.585. The quantitative estimate of drug-likeness (QED) is 0.387. The predicted octanol–water partition coefficient (Wildman–Crippen LogP) is 3.73. The summed E-state index contributed by atoms with van der Waals surface area (Å²) in [6.45, 7) is 4.23. The van der Waals surface area contributed by atoms with E-state index in [-0.39, 0.29) is 11.6 Å². The lowest BCUT2D eigenvalue weighted by atomic mass is 10.1. The summed E-state index contributed by atoms with van der Waals surface area (Å²) in [7, 11) is 0. The number of fused-ring (bicyclic) bond motifs is 1. The molecule has 0 saturated heterocycles. The SMILES string of the molecule is CCc1cc2c(=O)n(CCc3ccccc3)c(SC(C)C(=O)NC(=O)NC3CC3)nc2s1. The van der Waals surface area contributed by atoms with E-state index in [1.165, 1.54) is 23.1 Å². The lowest BCUT2D eigenvalue weighted by molar-refractivity contribution is -0.119. The Morgan fingerprint density at radius 1 is 1.28 bits per heavy atom. The van der Waals surface area contributed by atoms with Crippen molar-refractivity contribution in [1.82, 2.24) is 20.2 Å². The Kier molecular flexibility index (Phi) is 6.95. The van der Waals surface area contributed by atoms with E-state index in [1.54, 1.807) is 11.5 Å². The van der Waals surface area contributed by atoms with Crippen LogP contribution in [0.25, 0.3) is 10.2 Å². The highest BCUT2D eigenvalue weighted by molar-refractivity contribution is 8.00. The fourth-order valence-corrected chi connectivity index (χ4v) is 5.21. The monoisotopic (exact) mass is 470 g/mol. The number of nitrogens with one attached hydrogen (secondary N) is 2. The van der Waals surface area contributed by atoms with E-state index in [1.807, 2.05) is 43.3 Å². The molecule has 3 aromatic rings. The van der Waals surface area contributed by atoms with E-state index in [0.717, 1.165) is 29.7 Å². The molecule has 1 atom stereocenters. The van der Waals surface area contributed by atoms with Crippen molar-refractivity contribution >= 4 is 45.3 Å². The topological polar surface area (TPSA) is 93.1 Å². The molecule has 1 unspecified atom stereocenters. The van der Waals surface area contributed by atoms with E-state index in [0.29, 0.717) is 28.3 Å². The van der Waals surface area contributed by atoms with Crippen LogP contribution in [-0.4, -0.2) is 32.8 Å². The summed E-state index contributed by atoms with van der Waals surface area (Å²) in [6.07, 6.45) is 3.41. The molecule has 32 heavy (non-hydrogen) atoms. The molecule has 2 N–H and O–H groups in total. The largest absolute Gasteiger partial charge is 0.335 e. The molecule has 3 amide bonds. The Labute approximate surface area is 194 Å². The first-order chi connectivity index (χ1) is 15.4. The van der Waals surface area contributed by atoms with Crippen molar-refractivity contribution in [3.8, 4) is 0 Å². The maximum absolute atomic E-state index is 13.3. The number of aryl methyl sites for hydroxylation is 2. The Hall–Kier alpha value is -2.65. The number of urea groups is 1. The average Bonchev–Trinajstić information content (AvgIpc) is 3.49. The molecule has 1 fully saturated rings. The first-order valence-corrected chi connectivity index (χ1v) is 12.5. The van der Waals surface area contributed by atoms with Gasteiger partial charge in [0.05, 0.1) is 10.6 Å². The van der Waals surface area contributed by atoms with Gasteiger partial charge in [-0.3, -0.25) is 19.5 Å². The van der Waals surface area contributed by atoms with E-state index in [9.17, 15) is 14.4 Å². The van der Waals surface area contributed by atoms with Crippen LogP contribution < -0.4 is 16.2 Å². The second-order valence-corrected chi connectivity index (χ2v) is 10.3. The van der Waals surface area contributed by atoms with Crippen molar-refractivity contribution < 1.29 is 9.59 Å². The molecule has 0 spiro atoms. The van der Waals surface area contributed by atoms with E-state index in [2.05, 4.69) is 10.6 Å². The number of amides is 3. The van der Waals surface area contributed by atoms with E-state index in [4.69, 9.17) is 4.98 Å². The zero-order valence-corrected chi connectivity index (χ0v) is 19.7. The summed E-state index contributed by atoms with van der Waals surface area (Å²) in [5, 5.41) is 5.66. The molecule has 168 valence electrons. The van der Waals surface area contributed by atoms with Crippen molar-refractivity contribution in [1.29, 1.82) is 0 Å². The molecule has 2 heterocycles. The maximum Gasteiger partial charge on any atom is 0.321 e. The van der Waals surface area contributed by atoms with Gasteiger partial charge < -0.3 is 5.32 Å². The van der Waals surface area contributed by atoms with Crippen LogP contribution in [0.4, 0.5) is 4.79 Å². The fraction of sp³-hybridized carbons (Fsp3) is 0.391. The van der Waals surface area contributed by atoms with Crippen LogP contribution in [0.1, 0.15) is 37.1 Å². The van der Waals surface area contributed by atoms with Crippen molar-refractivity contribution in [2.75, 3.05) is 0 Å². The van der Waals surface area contributed by atoms with Gasteiger partial charge in [-0.25, -0.2) is 9.78 Å². The average molecular weight is 471 g/mol. The number of rotatable bonds is 8. The van der Waals surface area contributed by atoms with Gasteiger partial charge in [-0.2, -0.15) is 0 Å². The molecule has 0 bridgehead atoms. The Morgan fingerprint density at radius 2 is 2.03 bits per heavy atom. The number of aromatic nitrogens is 2. The molecular formula is C23H26N4O3S2. The van der Waals surface area contributed by atoms with Crippen LogP contribution in [0.5, 0.6) is 0 Å². The van der Waals surface area contributed by atoms with Crippen LogP contribution in [0.3, 0.4) is 0 Å². The number of hydrogen-bond donors (Lipinski definition) is 2. The highest BCUT2D eigenvalue weighted by atomic mass is 32.2. The summed E-state index contributed by atoms with van der Waals surface area (Å²) in [5.41, 5.74) is 1.03. The molecule has 0 radical (unpaired) electrons. The van der Waals surface area contributed by atoms with Crippen LogP contribution in [0, 0.1) is 0 Å². The van der Waals surface area contributed by atoms with Gasteiger partial charge in [0.15, 0.2) is 5.16 Å².